The monoisotopic (exact) mass is 226 g/mol. The molecule has 5 nitrogen and oxygen atoms in total. The van der Waals surface area contributed by atoms with Crippen LogP contribution in [-0.4, -0.2) is 18.5 Å². The summed E-state index contributed by atoms with van der Waals surface area (Å²) < 4.78 is 4.62. The van der Waals surface area contributed by atoms with Crippen LogP contribution in [0.2, 0.25) is 0 Å². The molecule has 0 aliphatic rings. The zero-order valence-electron chi connectivity index (χ0n) is 9.73. The molecule has 0 spiro atoms. The van der Waals surface area contributed by atoms with Gasteiger partial charge in [0.25, 0.3) is 0 Å². The van der Waals surface area contributed by atoms with Crippen LogP contribution in [0.1, 0.15) is 27.2 Å². The molecule has 0 N–H and O–H groups in total. The summed E-state index contributed by atoms with van der Waals surface area (Å²) in [6.07, 6.45) is 0.327. The van der Waals surface area contributed by atoms with Gasteiger partial charge in [0.1, 0.15) is 5.92 Å². The standard InChI is InChI=1S/C11H17NO4/c1-4-16-11(15)9(10(13)14)8(6-12)5-7(2)3/h7-9H,4-5H2,1-3H3,(H,13,14)/p-1/t8-,9?/m1/s1. The lowest BCUT2D eigenvalue weighted by Gasteiger charge is -2.22. The van der Waals surface area contributed by atoms with Crippen molar-refractivity contribution in [2.45, 2.75) is 27.2 Å². The number of carboxylic acid groups (broad SMARTS) is 1. The van der Waals surface area contributed by atoms with Gasteiger partial charge in [0.15, 0.2) is 0 Å². The molecular formula is C11H16NO4-. The van der Waals surface area contributed by atoms with E-state index < -0.39 is 23.8 Å². The van der Waals surface area contributed by atoms with Crippen molar-refractivity contribution in [3.05, 3.63) is 0 Å². The second-order valence-electron chi connectivity index (χ2n) is 3.91. The van der Waals surface area contributed by atoms with Gasteiger partial charge in [-0.05, 0) is 19.3 Å². The van der Waals surface area contributed by atoms with Gasteiger partial charge >= 0.3 is 5.97 Å². The van der Waals surface area contributed by atoms with E-state index in [1.165, 1.54) is 0 Å². The second-order valence-corrected chi connectivity index (χ2v) is 3.91. The lowest BCUT2D eigenvalue weighted by atomic mass is 9.86. The fourth-order valence-electron chi connectivity index (χ4n) is 1.43. The van der Waals surface area contributed by atoms with Crippen molar-refractivity contribution < 1.29 is 19.4 Å². The average Bonchev–Trinajstić information content (AvgIpc) is 2.15. The molecule has 0 aliphatic heterocycles. The summed E-state index contributed by atoms with van der Waals surface area (Å²) in [5, 5.41) is 19.7. The number of ether oxygens (including phenoxy) is 1. The molecule has 0 aliphatic carbocycles. The quantitative estimate of drug-likeness (QED) is 0.473. The van der Waals surface area contributed by atoms with Crippen LogP contribution in [0.4, 0.5) is 0 Å². The van der Waals surface area contributed by atoms with E-state index in [9.17, 15) is 14.7 Å². The summed E-state index contributed by atoms with van der Waals surface area (Å²) in [4.78, 5) is 22.2. The van der Waals surface area contributed by atoms with Gasteiger partial charge in [0.05, 0.1) is 24.6 Å². The van der Waals surface area contributed by atoms with E-state index in [1.807, 2.05) is 19.9 Å². The minimum Gasteiger partial charge on any atom is -0.549 e. The molecule has 0 saturated heterocycles. The van der Waals surface area contributed by atoms with Gasteiger partial charge in [-0.2, -0.15) is 5.26 Å². The van der Waals surface area contributed by atoms with Gasteiger partial charge in [0.2, 0.25) is 0 Å². The van der Waals surface area contributed by atoms with E-state index in [-0.39, 0.29) is 12.5 Å². The highest BCUT2D eigenvalue weighted by molar-refractivity contribution is 5.93. The van der Waals surface area contributed by atoms with Crippen LogP contribution < -0.4 is 5.11 Å². The summed E-state index contributed by atoms with van der Waals surface area (Å²) in [6.45, 7) is 5.36. The molecule has 2 atom stereocenters. The molecular weight excluding hydrogens is 210 g/mol. The Balaban J connectivity index is 4.81. The molecule has 0 rings (SSSR count). The normalized spacial score (nSPS) is 13.9. The molecule has 0 radical (unpaired) electrons. The Morgan fingerprint density at radius 1 is 1.44 bits per heavy atom. The fourth-order valence-corrected chi connectivity index (χ4v) is 1.43. The van der Waals surface area contributed by atoms with Crippen LogP contribution in [0, 0.1) is 29.1 Å². The smallest absolute Gasteiger partial charge is 0.316 e. The Hall–Kier alpha value is -1.57. The maximum atomic E-state index is 11.4. The molecule has 0 amide bonds. The highest BCUT2D eigenvalue weighted by Gasteiger charge is 2.31. The van der Waals surface area contributed by atoms with Crippen LogP contribution in [-0.2, 0) is 14.3 Å². The molecule has 0 bridgehead atoms. The Morgan fingerprint density at radius 2 is 2.00 bits per heavy atom. The highest BCUT2D eigenvalue weighted by Crippen LogP contribution is 2.21. The molecule has 0 aromatic heterocycles. The van der Waals surface area contributed by atoms with Crippen molar-refractivity contribution in [3.63, 3.8) is 0 Å². The molecule has 5 heteroatoms. The highest BCUT2D eigenvalue weighted by atomic mass is 16.5. The first-order chi connectivity index (χ1) is 7.43. The van der Waals surface area contributed by atoms with Gasteiger partial charge in [-0.25, -0.2) is 0 Å². The third kappa shape index (κ3) is 4.30. The lowest BCUT2D eigenvalue weighted by Crippen LogP contribution is -2.42. The number of aliphatic carboxylic acids is 1. The summed E-state index contributed by atoms with van der Waals surface area (Å²) in [5.41, 5.74) is 0. The molecule has 0 saturated carbocycles. The molecule has 1 unspecified atom stereocenters. The minimum atomic E-state index is -1.55. The van der Waals surface area contributed by atoms with Crippen LogP contribution in [0.15, 0.2) is 0 Å². The largest absolute Gasteiger partial charge is 0.549 e. The van der Waals surface area contributed by atoms with E-state index in [0.717, 1.165) is 0 Å². The number of carboxylic acids is 1. The predicted molar refractivity (Wildman–Crippen MR) is 53.7 cm³/mol. The van der Waals surface area contributed by atoms with Crippen molar-refractivity contribution in [1.29, 1.82) is 5.26 Å². The van der Waals surface area contributed by atoms with Gasteiger partial charge in [-0.3, -0.25) is 4.79 Å². The third-order valence-electron chi connectivity index (χ3n) is 2.09. The minimum absolute atomic E-state index is 0.0858. The van der Waals surface area contributed by atoms with E-state index in [4.69, 9.17) is 5.26 Å². The van der Waals surface area contributed by atoms with Crippen molar-refractivity contribution in [2.75, 3.05) is 6.61 Å². The lowest BCUT2D eigenvalue weighted by molar-refractivity contribution is -0.312. The van der Waals surface area contributed by atoms with Gasteiger partial charge in [-0.15, -0.1) is 0 Å². The number of esters is 1. The second kappa shape index (κ2) is 6.83. The van der Waals surface area contributed by atoms with Crippen molar-refractivity contribution in [2.24, 2.45) is 17.8 Å². The third-order valence-corrected chi connectivity index (χ3v) is 2.09. The number of hydrogen-bond acceptors (Lipinski definition) is 5. The molecule has 0 aromatic carbocycles. The molecule has 0 aromatic rings. The van der Waals surface area contributed by atoms with Crippen molar-refractivity contribution in [3.8, 4) is 6.07 Å². The van der Waals surface area contributed by atoms with Gasteiger partial charge in [0, 0.05) is 0 Å². The number of hydrogen-bond donors (Lipinski definition) is 0. The Labute approximate surface area is 95.0 Å². The summed E-state index contributed by atoms with van der Waals surface area (Å²) in [7, 11) is 0. The summed E-state index contributed by atoms with van der Waals surface area (Å²) in [6, 6.07) is 1.83. The number of nitrogens with zero attached hydrogens (tertiary/aromatic N) is 1. The van der Waals surface area contributed by atoms with Gasteiger partial charge in [-0.1, -0.05) is 13.8 Å². The Kier molecular flexibility index (Phi) is 6.16. The van der Waals surface area contributed by atoms with Crippen LogP contribution in [0.5, 0.6) is 0 Å². The first kappa shape index (κ1) is 14.4. The first-order valence-corrected chi connectivity index (χ1v) is 5.21. The van der Waals surface area contributed by atoms with Crippen LogP contribution in [0.3, 0.4) is 0 Å². The molecule has 0 heterocycles. The number of carbonyl (C=O) groups is 2. The van der Waals surface area contributed by atoms with E-state index in [1.54, 1.807) is 6.92 Å². The number of carbonyl (C=O) groups excluding carboxylic acids is 2. The van der Waals surface area contributed by atoms with E-state index in [0.29, 0.717) is 6.42 Å². The maximum Gasteiger partial charge on any atom is 0.316 e. The molecule has 16 heavy (non-hydrogen) atoms. The van der Waals surface area contributed by atoms with Crippen LogP contribution in [0.25, 0.3) is 0 Å². The predicted octanol–water partition coefficient (Wildman–Crippen LogP) is 0.101. The maximum absolute atomic E-state index is 11.4. The van der Waals surface area contributed by atoms with Crippen molar-refractivity contribution >= 4 is 11.9 Å². The number of rotatable bonds is 6. The first-order valence-electron chi connectivity index (χ1n) is 5.21. The fraction of sp³-hybridized carbons (Fsp3) is 0.727. The topological polar surface area (TPSA) is 90.2 Å². The SMILES string of the molecule is CCOC(=O)C(C(=O)[O-])[C@@H](C#N)CC(C)C. The average molecular weight is 226 g/mol. The Bertz CT molecular complexity index is 293. The number of nitriles is 1. The zero-order chi connectivity index (χ0) is 12.7. The Morgan fingerprint density at radius 3 is 2.31 bits per heavy atom. The van der Waals surface area contributed by atoms with Gasteiger partial charge < -0.3 is 14.6 Å². The van der Waals surface area contributed by atoms with E-state index in [2.05, 4.69) is 4.74 Å². The summed E-state index contributed by atoms with van der Waals surface area (Å²) in [5.74, 6) is -4.71. The zero-order valence-corrected chi connectivity index (χ0v) is 9.73. The summed E-state index contributed by atoms with van der Waals surface area (Å²) >= 11 is 0. The molecule has 0 fully saturated rings. The van der Waals surface area contributed by atoms with Crippen molar-refractivity contribution in [1.82, 2.24) is 0 Å². The molecule has 90 valence electrons. The van der Waals surface area contributed by atoms with Crippen LogP contribution >= 0.6 is 0 Å². The van der Waals surface area contributed by atoms with E-state index >= 15 is 0 Å².